The summed E-state index contributed by atoms with van der Waals surface area (Å²) in [7, 11) is 1.56. The van der Waals surface area contributed by atoms with E-state index in [9.17, 15) is 14.0 Å². The summed E-state index contributed by atoms with van der Waals surface area (Å²) < 4.78 is 24.7. The first kappa shape index (κ1) is 20.0. The summed E-state index contributed by atoms with van der Waals surface area (Å²) in [5, 5.41) is 0.438. The topological polar surface area (TPSA) is 59.8 Å². The Morgan fingerprint density at radius 1 is 1.03 bits per heavy atom. The Morgan fingerprint density at radius 3 is 2.56 bits per heavy atom. The summed E-state index contributed by atoms with van der Waals surface area (Å²) in [6.45, 7) is 2.09. The second kappa shape index (κ2) is 7.64. The van der Waals surface area contributed by atoms with Crippen molar-refractivity contribution in [1.29, 1.82) is 0 Å². The molecule has 0 unspecified atom stereocenters. The minimum atomic E-state index is -0.654. The molecule has 5 rings (SSSR count). The van der Waals surface area contributed by atoms with Crippen molar-refractivity contribution in [3.63, 3.8) is 0 Å². The number of nitrogens with zero attached hydrogens (tertiary/aromatic N) is 1. The molecule has 0 saturated carbocycles. The number of fused-ring (bicyclic) bond motifs is 2. The first-order chi connectivity index (χ1) is 15.5. The molecule has 1 aliphatic rings. The maximum Gasteiger partial charge on any atom is 0.291 e. The zero-order valence-corrected chi connectivity index (χ0v) is 17.6. The third kappa shape index (κ3) is 3.24. The molecule has 1 atom stereocenters. The van der Waals surface area contributed by atoms with Gasteiger partial charge in [0.25, 0.3) is 5.91 Å². The van der Waals surface area contributed by atoms with Gasteiger partial charge in [-0.3, -0.25) is 9.59 Å². The normalized spacial score (nSPS) is 15.3. The van der Waals surface area contributed by atoms with Crippen molar-refractivity contribution in [2.75, 3.05) is 7.11 Å². The molecule has 1 amide bonds. The highest BCUT2D eigenvalue weighted by molar-refractivity contribution is 5.99. The molecule has 0 bridgehead atoms. The number of hydrogen-bond acceptors (Lipinski definition) is 4. The van der Waals surface area contributed by atoms with Gasteiger partial charge < -0.3 is 14.1 Å². The third-order valence-corrected chi connectivity index (χ3v) is 5.80. The van der Waals surface area contributed by atoms with Gasteiger partial charge in [-0.05, 0) is 54.4 Å². The number of aryl methyl sites for hydroxylation is 1. The van der Waals surface area contributed by atoms with Crippen molar-refractivity contribution in [3.05, 3.63) is 111 Å². The molecule has 5 nitrogen and oxygen atoms in total. The Morgan fingerprint density at radius 2 is 1.81 bits per heavy atom. The minimum absolute atomic E-state index is 0.0429. The van der Waals surface area contributed by atoms with E-state index in [0.29, 0.717) is 22.3 Å². The van der Waals surface area contributed by atoms with Crippen LogP contribution in [0.1, 0.15) is 38.9 Å². The smallest absolute Gasteiger partial charge is 0.291 e. The number of amides is 1. The maximum atomic E-state index is 13.6. The number of carbonyl (C=O) groups excluding carboxylic acids is 1. The van der Waals surface area contributed by atoms with Crippen LogP contribution in [0.25, 0.3) is 11.0 Å². The molecule has 2 heterocycles. The lowest BCUT2D eigenvalue weighted by Gasteiger charge is -2.25. The van der Waals surface area contributed by atoms with Crippen LogP contribution in [0.2, 0.25) is 0 Å². The van der Waals surface area contributed by atoms with Gasteiger partial charge in [0.1, 0.15) is 17.1 Å². The Labute approximate surface area is 183 Å². The Hall–Kier alpha value is -3.93. The number of carbonyl (C=O) groups is 1. The zero-order chi connectivity index (χ0) is 22.4. The van der Waals surface area contributed by atoms with Gasteiger partial charge in [-0.25, -0.2) is 4.39 Å². The molecule has 6 heteroatoms. The molecule has 3 aromatic carbocycles. The van der Waals surface area contributed by atoms with E-state index in [-0.39, 0.29) is 29.5 Å². The second-order valence-corrected chi connectivity index (χ2v) is 7.91. The van der Waals surface area contributed by atoms with Crippen molar-refractivity contribution in [1.82, 2.24) is 4.90 Å². The van der Waals surface area contributed by atoms with E-state index in [0.717, 1.165) is 16.7 Å². The molecule has 0 saturated heterocycles. The lowest BCUT2D eigenvalue weighted by Crippen LogP contribution is -2.29. The highest BCUT2D eigenvalue weighted by atomic mass is 19.1. The highest BCUT2D eigenvalue weighted by Gasteiger charge is 2.42. The molecule has 32 heavy (non-hydrogen) atoms. The predicted molar refractivity (Wildman–Crippen MR) is 118 cm³/mol. The molecule has 0 radical (unpaired) electrons. The molecule has 0 aliphatic carbocycles. The summed E-state index contributed by atoms with van der Waals surface area (Å²) in [5.74, 6) is -0.0725. The number of hydrogen-bond donors (Lipinski definition) is 0. The van der Waals surface area contributed by atoms with Crippen molar-refractivity contribution in [3.8, 4) is 5.75 Å². The summed E-state index contributed by atoms with van der Waals surface area (Å²) >= 11 is 0. The monoisotopic (exact) mass is 429 g/mol. The van der Waals surface area contributed by atoms with Crippen molar-refractivity contribution in [2.45, 2.75) is 19.5 Å². The Kier molecular flexibility index (Phi) is 4.78. The van der Waals surface area contributed by atoms with E-state index < -0.39 is 6.04 Å². The van der Waals surface area contributed by atoms with Crippen molar-refractivity contribution < 1.29 is 18.3 Å². The van der Waals surface area contributed by atoms with Crippen LogP contribution in [-0.4, -0.2) is 17.9 Å². The van der Waals surface area contributed by atoms with Crippen LogP contribution in [0.15, 0.2) is 75.9 Å². The third-order valence-electron chi connectivity index (χ3n) is 5.80. The maximum absolute atomic E-state index is 13.6. The van der Waals surface area contributed by atoms with Gasteiger partial charge in [0.15, 0.2) is 5.43 Å². The van der Waals surface area contributed by atoms with Gasteiger partial charge in [0.2, 0.25) is 5.76 Å². The number of halogens is 1. The molecule has 0 spiro atoms. The first-order valence-corrected chi connectivity index (χ1v) is 10.2. The Bertz CT molecular complexity index is 1410. The molecule has 1 aliphatic heterocycles. The number of ether oxygens (including phenoxy) is 1. The predicted octanol–water partition coefficient (Wildman–Crippen LogP) is 4.99. The SMILES string of the molecule is COc1cccc([C@H]2c3c(oc4ccc(C)cc4c3=O)C(=O)N2Cc2ccc(F)cc2)c1. The van der Waals surface area contributed by atoms with Crippen molar-refractivity contribution >= 4 is 16.9 Å². The fourth-order valence-electron chi connectivity index (χ4n) is 4.24. The standard InChI is InChI=1S/C26H20FNO4/c1-15-6-11-21-20(12-15)24(29)22-23(17-4-3-5-19(13-17)31-2)28(26(30)25(22)32-21)14-16-7-9-18(27)10-8-16/h3-13,23H,14H2,1-2H3/t23-/m0/s1. The Balaban J connectivity index is 1.72. The van der Waals surface area contributed by atoms with E-state index in [1.807, 2.05) is 31.2 Å². The van der Waals surface area contributed by atoms with E-state index in [4.69, 9.17) is 9.15 Å². The average Bonchev–Trinajstić information content (AvgIpc) is 3.08. The van der Waals surface area contributed by atoms with Gasteiger partial charge in [0, 0.05) is 6.54 Å². The highest BCUT2D eigenvalue weighted by Crippen LogP contribution is 2.40. The van der Waals surface area contributed by atoms with Crippen LogP contribution in [0.4, 0.5) is 4.39 Å². The summed E-state index contributed by atoms with van der Waals surface area (Å²) in [6.07, 6.45) is 0. The van der Waals surface area contributed by atoms with Crippen LogP contribution in [0.5, 0.6) is 5.75 Å². The van der Waals surface area contributed by atoms with Crippen LogP contribution in [0, 0.1) is 12.7 Å². The molecule has 0 N–H and O–H groups in total. The van der Waals surface area contributed by atoms with E-state index >= 15 is 0 Å². The van der Waals surface area contributed by atoms with E-state index in [2.05, 4.69) is 0 Å². The van der Waals surface area contributed by atoms with Crippen molar-refractivity contribution in [2.24, 2.45) is 0 Å². The van der Waals surface area contributed by atoms with Crippen LogP contribution in [0.3, 0.4) is 0 Å². The summed E-state index contributed by atoms with van der Waals surface area (Å²) in [6, 6.07) is 17.9. The lowest BCUT2D eigenvalue weighted by atomic mass is 9.97. The van der Waals surface area contributed by atoms with Gasteiger partial charge in [-0.15, -0.1) is 0 Å². The van der Waals surface area contributed by atoms with Gasteiger partial charge in [-0.1, -0.05) is 35.9 Å². The summed E-state index contributed by atoms with van der Waals surface area (Å²) in [4.78, 5) is 28.6. The largest absolute Gasteiger partial charge is 0.497 e. The number of benzene rings is 3. The lowest BCUT2D eigenvalue weighted by molar-refractivity contribution is 0.0714. The summed E-state index contributed by atoms with van der Waals surface area (Å²) in [5.41, 5.74) is 2.86. The molecular weight excluding hydrogens is 409 g/mol. The van der Waals surface area contributed by atoms with Crippen LogP contribution < -0.4 is 10.2 Å². The molecule has 0 fully saturated rings. The van der Waals surface area contributed by atoms with E-state index in [1.54, 1.807) is 42.3 Å². The fourth-order valence-corrected chi connectivity index (χ4v) is 4.24. The number of methoxy groups -OCH3 is 1. The average molecular weight is 429 g/mol. The molecular formula is C26H20FNO4. The first-order valence-electron chi connectivity index (χ1n) is 10.2. The van der Waals surface area contributed by atoms with Gasteiger partial charge in [-0.2, -0.15) is 0 Å². The van der Waals surface area contributed by atoms with Crippen LogP contribution >= 0.6 is 0 Å². The minimum Gasteiger partial charge on any atom is -0.497 e. The zero-order valence-electron chi connectivity index (χ0n) is 17.6. The quantitative estimate of drug-likeness (QED) is 0.458. The second-order valence-electron chi connectivity index (χ2n) is 7.91. The number of rotatable bonds is 4. The molecule has 1 aromatic heterocycles. The van der Waals surface area contributed by atoms with Gasteiger partial charge >= 0.3 is 0 Å². The van der Waals surface area contributed by atoms with Gasteiger partial charge in [0.05, 0.1) is 24.1 Å². The van der Waals surface area contributed by atoms with E-state index in [1.165, 1.54) is 12.1 Å². The van der Waals surface area contributed by atoms with Crippen LogP contribution in [-0.2, 0) is 6.54 Å². The fraction of sp³-hybridized carbons (Fsp3) is 0.154. The molecule has 4 aromatic rings. The molecule has 160 valence electrons.